The Morgan fingerprint density at radius 3 is 2.29 bits per heavy atom. The predicted octanol–water partition coefficient (Wildman–Crippen LogP) is 2.94. The van der Waals surface area contributed by atoms with Gasteiger partial charge in [0, 0.05) is 17.8 Å². The smallest absolute Gasteiger partial charge is 0.275 e. The van der Waals surface area contributed by atoms with Crippen molar-refractivity contribution in [3.8, 4) is 5.69 Å². The first-order valence-electron chi connectivity index (χ1n) is 8.80. The first kappa shape index (κ1) is 18.4. The van der Waals surface area contributed by atoms with E-state index in [1.165, 1.54) is 4.68 Å². The molecule has 0 saturated heterocycles. The normalized spacial score (nSPS) is 20.4. The van der Waals surface area contributed by atoms with Crippen LogP contribution in [0, 0.1) is 6.92 Å². The minimum Gasteiger partial charge on any atom is -0.386 e. The van der Waals surface area contributed by atoms with E-state index < -0.39 is 12.0 Å². The zero-order valence-electron chi connectivity index (χ0n) is 15.3. The lowest BCUT2D eigenvalue weighted by molar-refractivity contribution is -0.120. The molecule has 2 aromatic carbocycles. The molecule has 142 valence electrons. The van der Waals surface area contributed by atoms with Crippen LogP contribution in [0.4, 0.5) is 5.69 Å². The quantitative estimate of drug-likeness (QED) is 0.740. The number of aliphatic imine (C=N–C) groups is 1. The molecule has 1 aliphatic rings. The second-order valence-corrected chi connectivity index (χ2v) is 7.17. The maximum Gasteiger partial charge on any atom is 0.275 e. The van der Waals surface area contributed by atoms with Crippen LogP contribution in [0.2, 0.25) is 5.02 Å². The fourth-order valence-corrected chi connectivity index (χ4v) is 3.65. The number of hydrogen-bond donors (Lipinski definition) is 1. The highest BCUT2D eigenvalue weighted by atomic mass is 35.5. The zero-order chi connectivity index (χ0) is 20.0. The molecule has 2 unspecified atom stereocenters. The summed E-state index contributed by atoms with van der Waals surface area (Å²) < 4.78 is 3.19. The van der Waals surface area contributed by atoms with Gasteiger partial charge in [-0.3, -0.25) is 14.3 Å². The number of nitrogens with zero attached hydrogens (tertiary/aromatic N) is 3. The van der Waals surface area contributed by atoms with E-state index in [9.17, 15) is 14.7 Å². The molecular formula is C21H18ClN3O3. The Bertz CT molecular complexity index is 1140. The van der Waals surface area contributed by atoms with Crippen LogP contribution in [0.3, 0.4) is 0 Å². The van der Waals surface area contributed by atoms with Crippen molar-refractivity contribution in [1.29, 1.82) is 0 Å². The number of aromatic nitrogens is 2. The molecule has 7 heteroatoms. The third kappa shape index (κ3) is 2.82. The lowest BCUT2D eigenvalue weighted by Gasteiger charge is -2.31. The van der Waals surface area contributed by atoms with Gasteiger partial charge in [0.1, 0.15) is 11.8 Å². The summed E-state index contributed by atoms with van der Waals surface area (Å²) in [5.41, 5.74) is 1.91. The molecule has 0 spiro atoms. The van der Waals surface area contributed by atoms with Gasteiger partial charge in [-0.2, -0.15) is 0 Å². The highest BCUT2D eigenvalue weighted by Crippen LogP contribution is 2.34. The van der Waals surface area contributed by atoms with Gasteiger partial charge in [0.25, 0.3) is 5.56 Å². The molecular weight excluding hydrogens is 378 g/mol. The molecule has 1 fully saturated rings. The predicted molar refractivity (Wildman–Crippen MR) is 108 cm³/mol. The fraction of sp³-hybridized carbons (Fsp3) is 0.190. The summed E-state index contributed by atoms with van der Waals surface area (Å²) in [5.74, 6) is -1.25. The van der Waals surface area contributed by atoms with Gasteiger partial charge in [-0.05, 0) is 43.3 Å². The molecule has 2 atom stereocenters. The first-order chi connectivity index (χ1) is 13.4. The molecule has 6 nitrogen and oxygen atoms in total. The van der Waals surface area contributed by atoms with Crippen molar-refractivity contribution in [2.45, 2.75) is 18.9 Å². The summed E-state index contributed by atoms with van der Waals surface area (Å²) in [6.07, 6.45) is -1.12. The Hall–Kier alpha value is -2.96. The molecule has 1 N–H and O–H groups in total. The van der Waals surface area contributed by atoms with E-state index in [1.54, 1.807) is 42.9 Å². The van der Waals surface area contributed by atoms with Crippen LogP contribution in [0.5, 0.6) is 0 Å². The Kier molecular flexibility index (Phi) is 4.53. The molecule has 1 saturated carbocycles. The lowest BCUT2D eigenvalue weighted by atomic mass is 9.73. The van der Waals surface area contributed by atoms with Crippen molar-refractivity contribution < 1.29 is 9.90 Å². The van der Waals surface area contributed by atoms with Crippen LogP contribution in [-0.2, 0) is 11.8 Å². The number of Topliss-reactive ketones (excluding diaryl/α,β-unsaturated/α-hetero) is 1. The molecule has 0 bridgehead atoms. The summed E-state index contributed by atoms with van der Waals surface area (Å²) in [6, 6.07) is 15.8. The molecule has 28 heavy (non-hydrogen) atoms. The van der Waals surface area contributed by atoms with Gasteiger partial charge < -0.3 is 5.11 Å². The van der Waals surface area contributed by atoms with Crippen molar-refractivity contribution >= 4 is 28.8 Å². The van der Waals surface area contributed by atoms with E-state index in [2.05, 4.69) is 4.99 Å². The Labute approximate surface area is 166 Å². The Balaban J connectivity index is 1.73. The average Bonchev–Trinajstić information content (AvgIpc) is 2.91. The van der Waals surface area contributed by atoms with Crippen molar-refractivity contribution in [2.24, 2.45) is 12.0 Å². The van der Waals surface area contributed by atoms with Crippen LogP contribution < -0.4 is 5.56 Å². The number of para-hydroxylation sites is 1. The monoisotopic (exact) mass is 395 g/mol. The summed E-state index contributed by atoms with van der Waals surface area (Å²) >= 11 is 5.85. The van der Waals surface area contributed by atoms with Gasteiger partial charge in [0.15, 0.2) is 5.78 Å². The number of ketones is 1. The minimum absolute atomic E-state index is 0.0567. The molecule has 1 aromatic heterocycles. The molecule has 3 aromatic rings. The topological polar surface area (TPSA) is 76.6 Å². The second-order valence-electron chi connectivity index (χ2n) is 6.74. The van der Waals surface area contributed by atoms with Gasteiger partial charge in [-0.1, -0.05) is 29.8 Å². The molecule has 4 rings (SSSR count). The Morgan fingerprint density at radius 2 is 1.68 bits per heavy atom. The third-order valence-electron chi connectivity index (χ3n) is 5.12. The highest BCUT2D eigenvalue weighted by molar-refractivity contribution is 6.51. The molecule has 1 heterocycles. The van der Waals surface area contributed by atoms with E-state index in [0.717, 1.165) is 0 Å². The molecule has 0 aliphatic heterocycles. The number of aliphatic hydroxyl groups is 1. The van der Waals surface area contributed by atoms with Gasteiger partial charge in [-0.25, -0.2) is 9.67 Å². The number of carbonyl (C=O) groups excluding carboxylic acids is 1. The van der Waals surface area contributed by atoms with Gasteiger partial charge >= 0.3 is 0 Å². The first-order valence-corrected chi connectivity index (χ1v) is 9.18. The van der Waals surface area contributed by atoms with Crippen LogP contribution in [0.25, 0.3) is 5.69 Å². The SMILES string of the molecule is Cc1c(C2C(=O)C(=Nc3ccc(Cl)cc3)C2O)c(=O)n(-c2ccccc2)n1C. The average molecular weight is 396 g/mol. The number of aliphatic hydroxyl groups excluding tert-OH is 1. The standard InChI is InChI=1S/C21H18ClN3O3/c1-12-16(21(28)25(24(12)2)15-6-4-3-5-7-15)17-19(26)18(20(17)27)23-14-10-8-13(22)9-11-14/h3-11,17,19,26H,1-2H3. The number of rotatable bonds is 3. The maximum atomic E-state index is 13.1. The van der Waals surface area contributed by atoms with E-state index in [-0.39, 0.29) is 17.1 Å². The van der Waals surface area contributed by atoms with Crippen molar-refractivity contribution in [3.05, 3.63) is 81.2 Å². The van der Waals surface area contributed by atoms with E-state index in [1.807, 2.05) is 30.3 Å². The van der Waals surface area contributed by atoms with Gasteiger partial charge in [0.2, 0.25) is 0 Å². The molecule has 0 amide bonds. The summed E-state index contributed by atoms with van der Waals surface area (Å²) in [4.78, 5) is 30.0. The van der Waals surface area contributed by atoms with Crippen LogP contribution >= 0.6 is 11.6 Å². The Morgan fingerprint density at radius 1 is 1.04 bits per heavy atom. The van der Waals surface area contributed by atoms with Crippen molar-refractivity contribution in [1.82, 2.24) is 9.36 Å². The van der Waals surface area contributed by atoms with Crippen molar-refractivity contribution in [3.63, 3.8) is 0 Å². The van der Waals surface area contributed by atoms with E-state index in [4.69, 9.17) is 11.6 Å². The largest absolute Gasteiger partial charge is 0.386 e. The minimum atomic E-state index is -1.12. The fourth-order valence-electron chi connectivity index (χ4n) is 3.52. The number of benzene rings is 2. The van der Waals surface area contributed by atoms with Crippen LogP contribution in [0.1, 0.15) is 17.2 Å². The third-order valence-corrected chi connectivity index (χ3v) is 5.37. The summed E-state index contributed by atoms with van der Waals surface area (Å²) in [5, 5.41) is 11.2. The van der Waals surface area contributed by atoms with Crippen LogP contribution in [-0.4, -0.2) is 32.1 Å². The maximum absolute atomic E-state index is 13.1. The number of hydrogen-bond acceptors (Lipinski definition) is 4. The number of halogens is 1. The zero-order valence-corrected chi connectivity index (χ0v) is 16.1. The molecule has 1 aliphatic carbocycles. The van der Waals surface area contributed by atoms with E-state index >= 15 is 0 Å². The molecule has 0 radical (unpaired) electrons. The summed E-state index contributed by atoms with van der Waals surface area (Å²) in [7, 11) is 1.76. The second kappa shape index (κ2) is 6.89. The summed E-state index contributed by atoms with van der Waals surface area (Å²) in [6.45, 7) is 1.77. The van der Waals surface area contributed by atoms with Crippen LogP contribution in [0.15, 0.2) is 64.4 Å². The highest BCUT2D eigenvalue weighted by Gasteiger charge is 2.49. The lowest BCUT2D eigenvalue weighted by Crippen LogP contribution is -2.52. The van der Waals surface area contributed by atoms with Crippen molar-refractivity contribution in [2.75, 3.05) is 0 Å². The van der Waals surface area contributed by atoms with E-state index in [0.29, 0.717) is 27.7 Å². The van der Waals surface area contributed by atoms with Gasteiger partial charge in [0.05, 0.1) is 22.9 Å². The number of carbonyl (C=O) groups is 1. The van der Waals surface area contributed by atoms with Gasteiger partial charge in [-0.15, -0.1) is 0 Å².